The molecule has 1 aromatic carbocycles. The monoisotopic (exact) mass is 208 g/mol. The van der Waals surface area contributed by atoms with Gasteiger partial charge in [-0.2, -0.15) is 0 Å². The van der Waals surface area contributed by atoms with Crippen molar-refractivity contribution in [2.24, 2.45) is 0 Å². The summed E-state index contributed by atoms with van der Waals surface area (Å²) in [5.74, 6) is 0. The van der Waals surface area contributed by atoms with E-state index in [4.69, 9.17) is 0 Å². The van der Waals surface area contributed by atoms with Crippen LogP contribution in [-0.4, -0.2) is 11.5 Å². The first-order valence-electron chi connectivity index (χ1n) is 5.05. The second kappa shape index (κ2) is 4.77. The van der Waals surface area contributed by atoms with Crippen molar-refractivity contribution in [3.05, 3.63) is 33.4 Å². The Labute approximate surface area is 89.5 Å². The van der Waals surface area contributed by atoms with Gasteiger partial charge in [0.15, 0.2) is 0 Å². The summed E-state index contributed by atoms with van der Waals surface area (Å²) in [7, 11) is 0. The Morgan fingerprint density at radius 2 is 2.07 bits per heavy atom. The first-order chi connectivity index (χ1) is 7.06. The number of nitrogens with one attached hydrogen (secondary N) is 1. The predicted octanol–water partition coefficient (Wildman–Crippen LogP) is 3.03. The number of hydrogen-bond acceptors (Lipinski definition) is 3. The zero-order valence-electron chi connectivity index (χ0n) is 9.33. The topological polar surface area (TPSA) is 55.2 Å². The van der Waals surface area contributed by atoms with Crippen LogP contribution in [0.5, 0.6) is 0 Å². The van der Waals surface area contributed by atoms with Crippen molar-refractivity contribution < 1.29 is 4.92 Å². The lowest BCUT2D eigenvalue weighted by Gasteiger charge is -2.08. The molecule has 0 atom stereocenters. The highest BCUT2D eigenvalue weighted by molar-refractivity contribution is 5.66. The quantitative estimate of drug-likeness (QED) is 0.611. The van der Waals surface area contributed by atoms with Crippen molar-refractivity contribution >= 4 is 11.4 Å². The smallest absolute Gasteiger partial charge is 0.295 e. The third-order valence-electron chi connectivity index (χ3n) is 2.19. The van der Waals surface area contributed by atoms with E-state index in [1.165, 1.54) is 0 Å². The van der Waals surface area contributed by atoms with E-state index >= 15 is 0 Å². The maximum absolute atomic E-state index is 10.9. The standard InChI is InChI=1S/C11H16N2O2/c1-4-5-12-10-7-8(2)6-9(3)11(10)13(14)15/h6-7,12H,4-5H2,1-3H3. The van der Waals surface area contributed by atoms with Gasteiger partial charge in [-0.3, -0.25) is 10.1 Å². The molecule has 0 unspecified atom stereocenters. The Hall–Kier alpha value is -1.58. The fourth-order valence-electron chi connectivity index (χ4n) is 1.60. The Morgan fingerprint density at radius 1 is 1.40 bits per heavy atom. The average Bonchev–Trinajstić information content (AvgIpc) is 2.12. The van der Waals surface area contributed by atoms with Crippen molar-refractivity contribution in [2.75, 3.05) is 11.9 Å². The molecule has 0 heterocycles. The molecule has 0 fully saturated rings. The van der Waals surface area contributed by atoms with Crippen molar-refractivity contribution in [1.82, 2.24) is 0 Å². The Kier molecular flexibility index (Phi) is 3.66. The summed E-state index contributed by atoms with van der Waals surface area (Å²) >= 11 is 0. The molecule has 0 aromatic heterocycles. The van der Waals surface area contributed by atoms with Gasteiger partial charge in [0, 0.05) is 12.1 Å². The average molecular weight is 208 g/mol. The summed E-state index contributed by atoms with van der Waals surface area (Å²) < 4.78 is 0. The molecule has 0 aliphatic heterocycles. The van der Waals surface area contributed by atoms with Gasteiger partial charge in [0.05, 0.1) is 4.92 Å². The third-order valence-corrected chi connectivity index (χ3v) is 2.19. The highest BCUT2D eigenvalue weighted by Gasteiger charge is 2.17. The summed E-state index contributed by atoms with van der Waals surface area (Å²) in [5, 5.41) is 14.0. The van der Waals surface area contributed by atoms with Gasteiger partial charge in [0.1, 0.15) is 5.69 Å². The zero-order valence-corrected chi connectivity index (χ0v) is 9.33. The van der Waals surface area contributed by atoms with Gasteiger partial charge in [0.25, 0.3) is 5.69 Å². The molecular weight excluding hydrogens is 192 g/mol. The zero-order chi connectivity index (χ0) is 11.4. The number of nitro benzene ring substituents is 1. The molecule has 0 saturated heterocycles. The highest BCUT2D eigenvalue weighted by Crippen LogP contribution is 2.29. The normalized spacial score (nSPS) is 10.1. The van der Waals surface area contributed by atoms with Gasteiger partial charge in [-0.15, -0.1) is 0 Å². The van der Waals surface area contributed by atoms with Crippen LogP contribution in [0.15, 0.2) is 12.1 Å². The molecule has 1 aromatic rings. The molecule has 4 heteroatoms. The molecular formula is C11H16N2O2. The van der Waals surface area contributed by atoms with E-state index in [1.54, 1.807) is 6.92 Å². The van der Waals surface area contributed by atoms with Gasteiger partial charge in [-0.05, 0) is 38.0 Å². The van der Waals surface area contributed by atoms with Crippen LogP contribution in [0.1, 0.15) is 24.5 Å². The van der Waals surface area contributed by atoms with Crippen LogP contribution in [-0.2, 0) is 0 Å². The van der Waals surface area contributed by atoms with E-state index in [9.17, 15) is 10.1 Å². The van der Waals surface area contributed by atoms with E-state index in [2.05, 4.69) is 5.32 Å². The third kappa shape index (κ3) is 2.68. The molecule has 0 amide bonds. The molecule has 0 aliphatic carbocycles. The van der Waals surface area contributed by atoms with E-state index in [1.807, 2.05) is 26.0 Å². The van der Waals surface area contributed by atoms with Crippen molar-refractivity contribution in [2.45, 2.75) is 27.2 Å². The highest BCUT2D eigenvalue weighted by atomic mass is 16.6. The molecule has 15 heavy (non-hydrogen) atoms. The van der Waals surface area contributed by atoms with Gasteiger partial charge < -0.3 is 5.32 Å². The number of nitrogens with zero attached hydrogens (tertiary/aromatic N) is 1. The summed E-state index contributed by atoms with van der Waals surface area (Å²) in [6, 6.07) is 3.65. The maximum Gasteiger partial charge on any atom is 0.295 e. The van der Waals surface area contributed by atoms with Crippen LogP contribution in [0.25, 0.3) is 0 Å². The van der Waals surface area contributed by atoms with Crippen LogP contribution >= 0.6 is 0 Å². The first-order valence-corrected chi connectivity index (χ1v) is 5.05. The van der Waals surface area contributed by atoms with Crippen molar-refractivity contribution in [3.63, 3.8) is 0 Å². The van der Waals surface area contributed by atoms with Crippen LogP contribution < -0.4 is 5.32 Å². The summed E-state index contributed by atoms with van der Waals surface area (Å²) in [4.78, 5) is 10.6. The minimum atomic E-state index is -0.327. The fourth-order valence-corrected chi connectivity index (χ4v) is 1.60. The second-order valence-corrected chi connectivity index (χ2v) is 3.66. The first kappa shape index (κ1) is 11.5. The molecule has 4 nitrogen and oxygen atoms in total. The Balaban J connectivity index is 3.14. The van der Waals surface area contributed by atoms with Crippen LogP contribution in [0.4, 0.5) is 11.4 Å². The molecule has 0 spiro atoms. The summed E-state index contributed by atoms with van der Waals surface area (Å²) in [6.07, 6.45) is 0.949. The largest absolute Gasteiger partial charge is 0.379 e. The van der Waals surface area contributed by atoms with E-state index in [-0.39, 0.29) is 10.6 Å². The lowest BCUT2D eigenvalue weighted by atomic mass is 10.1. The van der Waals surface area contributed by atoms with Crippen molar-refractivity contribution in [3.8, 4) is 0 Å². The van der Waals surface area contributed by atoms with Crippen molar-refractivity contribution in [1.29, 1.82) is 0 Å². The predicted molar refractivity (Wildman–Crippen MR) is 61.4 cm³/mol. The molecule has 82 valence electrons. The van der Waals surface area contributed by atoms with Gasteiger partial charge in [-0.1, -0.05) is 6.92 Å². The lowest BCUT2D eigenvalue weighted by Crippen LogP contribution is -2.04. The fraction of sp³-hybridized carbons (Fsp3) is 0.455. The van der Waals surface area contributed by atoms with Gasteiger partial charge in [-0.25, -0.2) is 0 Å². The molecule has 1 rings (SSSR count). The second-order valence-electron chi connectivity index (χ2n) is 3.66. The molecule has 0 saturated carbocycles. The minimum absolute atomic E-state index is 0.189. The van der Waals surface area contributed by atoms with E-state index in [0.717, 1.165) is 18.5 Å². The summed E-state index contributed by atoms with van der Waals surface area (Å²) in [5.41, 5.74) is 2.56. The number of hydrogen-bond donors (Lipinski definition) is 1. The van der Waals surface area contributed by atoms with Crippen LogP contribution in [0.2, 0.25) is 0 Å². The summed E-state index contributed by atoms with van der Waals surface area (Å²) in [6.45, 7) is 6.49. The van der Waals surface area contributed by atoms with Gasteiger partial charge in [0.2, 0.25) is 0 Å². The number of nitro groups is 1. The number of benzene rings is 1. The molecule has 0 bridgehead atoms. The number of rotatable bonds is 4. The number of aryl methyl sites for hydroxylation is 2. The lowest BCUT2D eigenvalue weighted by molar-refractivity contribution is -0.384. The maximum atomic E-state index is 10.9. The van der Waals surface area contributed by atoms with Crippen LogP contribution in [0.3, 0.4) is 0 Å². The van der Waals surface area contributed by atoms with E-state index in [0.29, 0.717) is 11.3 Å². The molecule has 1 N–H and O–H groups in total. The molecule has 0 radical (unpaired) electrons. The van der Waals surface area contributed by atoms with Crippen LogP contribution in [0, 0.1) is 24.0 Å². The Morgan fingerprint density at radius 3 is 2.60 bits per heavy atom. The Bertz CT molecular complexity index is 375. The molecule has 0 aliphatic rings. The SMILES string of the molecule is CCCNc1cc(C)cc(C)c1[N+](=O)[O-]. The van der Waals surface area contributed by atoms with Gasteiger partial charge >= 0.3 is 0 Å². The minimum Gasteiger partial charge on any atom is -0.379 e. The number of anilines is 1. The van der Waals surface area contributed by atoms with E-state index < -0.39 is 0 Å².